The molecule has 0 bridgehead atoms. The highest BCUT2D eigenvalue weighted by Gasteiger charge is 2.54. The first-order valence-electron chi connectivity index (χ1n) is 12.6. The Labute approximate surface area is 221 Å². The van der Waals surface area contributed by atoms with Crippen LogP contribution in [0.15, 0.2) is 72.8 Å². The number of methoxy groups -OCH3 is 1. The number of benzene rings is 2. The Balaban J connectivity index is 1.96. The Bertz CT molecular complexity index is 1020. The fourth-order valence-corrected chi connectivity index (χ4v) is 5.04. The van der Waals surface area contributed by atoms with Gasteiger partial charge in [0.2, 0.25) is 5.79 Å². The zero-order valence-electron chi connectivity index (χ0n) is 22.7. The molecule has 1 aliphatic heterocycles. The largest absolute Gasteiger partial charge is 0.466 e. The van der Waals surface area contributed by atoms with E-state index in [1.54, 1.807) is 0 Å². The van der Waals surface area contributed by atoms with Gasteiger partial charge in [-0.15, -0.1) is 0 Å². The fourth-order valence-electron chi connectivity index (χ4n) is 3.75. The number of ether oxygens (including phenoxy) is 4. The number of hydrogen-bond donors (Lipinski definition) is 1. The molecule has 37 heavy (non-hydrogen) atoms. The van der Waals surface area contributed by atoms with Gasteiger partial charge in [0, 0.05) is 6.08 Å². The normalized spacial score (nSPS) is 24.8. The molecule has 1 unspecified atom stereocenters. The second kappa shape index (κ2) is 12.5. The van der Waals surface area contributed by atoms with Gasteiger partial charge in [-0.3, -0.25) is 0 Å². The molecule has 1 heterocycles. The highest BCUT2D eigenvalue weighted by Crippen LogP contribution is 2.42. The van der Waals surface area contributed by atoms with E-state index in [1.807, 2.05) is 60.7 Å². The van der Waals surface area contributed by atoms with E-state index in [4.69, 9.17) is 23.4 Å². The number of carbonyl (C=O) groups excluding carboxylic acids is 1. The summed E-state index contributed by atoms with van der Waals surface area (Å²) in [5.41, 5.74) is 1.99. The van der Waals surface area contributed by atoms with E-state index in [0.717, 1.165) is 17.2 Å². The van der Waals surface area contributed by atoms with Gasteiger partial charge in [0.1, 0.15) is 18.3 Å². The summed E-state index contributed by atoms with van der Waals surface area (Å²) in [6.07, 6.45) is 0.293. The summed E-state index contributed by atoms with van der Waals surface area (Å²) >= 11 is 0. The van der Waals surface area contributed by atoms with Gasteiger partial charge < -0.3 is 28.5 Å². The highest BCUT2D eigenvalue weighted by molar-refractivity contribution is 6.74. The summed E-state index contributed by atoms with van der Waals surface area (Å²) in [4.78, 5) is 11.9. The van der Waals surface area contributed by atoms with Crippen molar-refractivity contribution in [1.29, 1.82) is 0 Å². The Kier molecular flexibility index (Phi) is 9.85. The van der Waals surface area contributed by atoms with E-state index < -0.39 is 38.4 Å². The van der Waals surface area contributed by atoms with Crippen molar-refractivity contribution >= 4 is 14.3 Å². The Morgan fingerprint density at radius 1 is 1.03 bits per heavy atom. The predicted molar refractivity (Wildman–Crippen MR) is 144 cm³/mol. The number of esters is 1. The van der Waals surface area contributed by atoms with E-state index in [9.17, 15) is 9.90 Å². The van der Waals surface area contributed by atoms with Crippen molar-refractivity contribution in [3.63, 3.8) is 0 Å². The molecule has 1 aliphatic rings. The minimum atomic E-state index is -2.44. The molecule has 3 rings (SSSR count). The van der Waals surface area contributed by atoms with Gasteiger partial charge in [-0.1, -0.05) is 81.4 Å². The molecule has 1 fully saturated rings. The first-order chi connectivity index (χ1) is 17.4. The van der Waals surface area contributed by atoms with Gasteiger partial charge in [-0.2, -0.15) is 0 Å². The van der Waals surface area contributed by atoms with Crippen LogP contribution in [0.5, 0.6) is 0 Å². The summed E-state index contributed by atoms with van der Waals surface area (Å²) in [6.45, 7) is 11.3. The molecular weight excluding hydrogens is 488 g/mol. The molecule has 0 spiro atoms. The third-order valence-corrected chi connectivity index (χ3v) is 11.5. The molecule has 0 aromatic heterocycles. The third-order valence-electron chi connectivity index (χ3n) is 7.03. The van der Waals surface area contributed by atoms with Crippen LogP contribution in [0.4, 0.5) is 0 Å². The maximum absolute atomic E-state index is 11.9. The van der Waals surface area contributed by atoms with Crippen molar-refractivity contribution in [3.8, 4) is 0 Å². The lowest BCUT2D eigenvalue weighted by Gasteiger charge is -2.50. The van der Waals surface area contributed by atoms with Crippen LogP contribution >= 0.6 is 0 Å². The zero-order valence-corrected chi connectivity index (χ0v) is 23.7. The van der Waals surface area contributed by atoms with Crippen LogP contribution in [-0.4, -0.2) is 57.2 Å². The SMILES string of the molecule is COC(=O)/C=C/C1(O)OC[C@@H](OCc2ccccc2)[C@H](OCc2ccccc2)[C@H]1O[Si](C)(C)C(C)(C)C. The molecule has 7 nitrogen and oxygen atoms in total. The van der Waals surface area contributed by atoms with Gasteiger partial charge in [-0.05, 0) is 35.3 Å². The molecule has 2 aromatic carbocycles. The molecule has 0 saturated carbocycles. The number of hydrogen-bond acceptors (Lipinski definition) is 7. The molecular formula is C29H40O7Si. The summed E-state index contributed by atoms with van der Waals surface area (Å²) < 4.78 is 30.2. The molecule has 202 valence electrons. The fraction of sp³-hybridized carbons (Fsp3) is 0.483. The lowest BCUT2D eigenvalue weighted by Crippen LogP contribution is -2.65. The second-order valence-electron chi connectivity index (χ2n) is 10.8. The maximum atomic E-state index is 11.9. The van der Waals surface area contributed by atoms with Gasteiger partial charge >= 0.3 is 5.97 Å². The van der Waals surface area contributed by atoms with Crippen molar-refractivity contribution in [2.75, 3.05) is 13.7 Å². The minimum Gasteiger partial charge on any atom is -0.466 e. The molecule has 8 heteroatoms. The molecule has 4 atom stereocenters. The van der Waals surface area contributed by atoms with Crippen molar-refractivity contribution in [2.24, 2.45) is 0 Å². The summed E-state index contributed by atoms with van der Waals surface area (Å²) in [5, 5.41) is 11.6. The Morgan fingerprint density at radius 2 is 1.57 bits per heavy atom. The number of carbonyl (C=O) groups is 1. The molecule has 1 N–H and O–H groups in total. The Hall–Kier alpha value is -2.33. The first kappa shape index (κ1) is 29.2. The van der Waals surface area contributed by atoms with E-state index in [0.29, 0.717) is 13.2 Å². The van der Waals surface area contributed by atoms with Gasteiger partial charge in [-0.25, -0.2) is 4.79 Å². The highest BCUT2D eigenvalue weighted by atomic mass is 28.4. The Morgan fingerprint density at radius 3 is 2.08 bits per heavy atom. The monoisotopic (exact) mass is 528 g/mol. The van der Waals surface area contributed by atoms with Gasteiger partial charge in [0.25, 0.3) is 0 Å². The van der Waals surface area contributed by atoms with Crippen molar-refractivity contribution in [1.82, 2.24) is 0 Å². The molecule has 2 aromatic rings. The van der Waals surface area contributed by atoms with Crippen molar-refractivity contribution in [2.45, 2.75) is 76.2 Å². The third kappa shape index (κ3) is 7.83. The summed E-state index contributed by atoms with van der Waals surface area (Å²) in [7, 11) is -1.16. The predicted octanol–water partition coefficient (Wildman–Crippen LogP) is 5.00. The standard InChI is InChI=1S/C29H40O7Si/c1-28(2,3)37(5,6)36-27-26(34-20-23-15-11-8-12-16-23)24(33-19-22-13-9-7-10-14-22)21-35-29(27,31)18-17-25(30)32-4/h7-18,24,26-27,31H,19-21H2,1-6H3/b18-17+/t24-,26+,27-,29?/m1/s1. The first-order valence-corrected chi connectivity index (χ1v) is 15.5. The average molecular weight is 529 g/mol. The van der Waals surface area contributed by atoms with Crippen LogP contribution in [0.3, 0.4) is 0 Å². The van der Waals surface area contributed by atoms with E-state index in [1.165, 1.54) is 13.2 Å². The van der Waals surface area contributed by atoms with Crippen molar-refractivity contribution in [3.05, 3.63) is 83.9 Å². The van der Waals surface area contributed by atoms with E-state index >= 15 is 0 Å². The lowest BCUT2D eigenvalue weighted by atomic mass is 9.95. The smallest absolute Gasteiger partial charge is 0.330 e. The summed E-state index contributed by atoms with van der Waals surface area (Å²) in [6, 6.07) is 19.7. The van der Waals surface area contributed by atoms with Crippen LogP contribution < -0.4 is 0 Å². The van der Waals surface area contributed by atoms with E-state index in [-0.39, 0.29) is 11.6 Å². The van der Waals surface area contributed by atoms with Gasteiger partial charge in [0.05, 0.1) is 26.9 Å². The van der Waals surface area contributed by atoms with Crippen LogP contribution in [0, 0.1) is 0 Å². The van der Waals surface area contributed by atoms with Gasteiger partial charge in [0.15, 0.2) is 8.32 Å². The van der Waals surface area contributed by atoms with Crippen LogP contribution in [-0.2, 0) is 41.4 Å². The van der Waals surface area contributed by atoms with Crippen molar-refractivity contribution < 1.29 is 33.3 Å². The number of rotatable bonds is 10. The van der Waals surface area contributed by atoms with Crippen LogP contribution in [0.25, 0.3) is 0 Å². The van der Waals surface area contributed by atoms with Crippen LogP contribution in [0.1, 0.15) is 31.9 Å². The second-order valence-corrected chi connectivity index (χ2v) is 15.6. The quantitative estimate of drug-likeness (QED) is 0.264. The molecule has 0 radical (unpaired) electrons. The van der Waals surface area contributed by atoms with E-state index in [2.05, 4.69) is 33.9 Å². The summed E-state index contributed by atoms with van der Waals surface area (Å²) in [5.74, 6) is -2.52. The molecule has 1 saturated heterocycles. The number of aliphatic hydroxyl groups is 1. The van der Waals surface area contributed by atoms with Crippen LogP contribution in [0.2, 0.25) is 18.1 Å². The lowest BCUT2D eigenvalue weighted by molar-refractivity contribution is -0.308. The zero-order chi connectivity index (χ0) is 27.1. The average Bonchev–Trinajstić information content (AvgIpc) is 2.87. The minimum absolute atomic E-state index is 0.0473. The maximum Gasteiger partial charge on any atom is 0.330 e. The molecule has 0 amide bonds. The topological polar surface area (TPSA) is 83.5 Å². The molecule has 0 aliphatic carbocycles.